The highest BCUT2D eigenvalue weighted by atomic mass is 16.5. The summed E-state index contributed by atoms with van der Waals surface area (Å²) in [5, 5.41) is 2.70. The number of nitrogens with two attached hydrogens (primary N) is 1. The molecule has 2 rings (SSSR count). The molecule has 0 aromatic carbocycles. The third-order valence-electron chi connectivity index (χ3n) is 2.76. The van der Waals surface area contributed by atoms with Gasteiger partial charge in [0.05, 0.1) is 25.1 Å². The van der Waals surface area contributed by atoms with Gasteiger partial charge in [-0.3, -0.25) is 4.79 Å². The van der Waals surface area contributed by atoms with Crippen LogP contribution in [0.4, 0.5) is 11.5 Å². The molecule has 3 N–H and O–H groups in total. The number of hydrogen-bond acceptors (Lipinski definition) is 5. The lowest BCUT2D eigenvalue weighted by Gasteiger charge is -2.28. The number of nitrogens with zero attached hydrogens (tertiary/aromatic N) is 2. The fraction of sp³-hybridized carbons (Fsp3) is 0.500. The monoisotopic (exact) mass is 250 g/mol. The minimum absolute atomic E-state index is 0.107. The van der Waals surface area contributed by atoms with Gasteiger partial charge in [-0.1, -0.05) is 0 Å². The molecule has 1 amide bonds. The van der Waals surface area contributed by atoms with Crippen LogP contribution in [0.5, 0.6) is 0 Å². The molecule has 0 spiro atoms. The first-order chi connectivity index (χ1) is 8.79. The molecule has 98 valence electrons. The molecule has 1 aliphatic heterocycles. The maximum Gasteiger partial charge on any atom is 0.226 e. The molecule has 1 aromatic rings. The third-order valence-corrected chi connectivity index (χ3v) is 2.76. The standard InChI is InChI=1S/C12H18N4O2/c13-4-3-12(17)15-11-2-1-10(9-14-11)16-5-7-18-8-6-16/h1-2,9H,3-8,13H2,(H,14,15,17). The molecule has 1 aliphatic rings. The van der Waals surface area contributed by atoms with E-state index in [4.69, 9.17) is 10.5 Å². The van der Waals surface area contributed by atoms with Crippen LogP contribution in [0, 0.1) is 0 Å². The SMILES string of the molecule is NCCC(=O)Nc1ccc(N2CCOCC2)cn1. The Kier molecular flexibility index (Phi) is 4.49. The van der Waals surface area contributed by atoms with Crippen LogP contribution in [-0.2, 0) is 9.53 Å². The molecule has 0 unspecified atom stereocenters. The Hall–Kier alpha value is -1.66. The molecular weight excluding hydrogens is 232 g/mol. The molecule has 0 atom stereocenters. The van der Waals surface area contributed by atoms with Crippen LogP contribution in [0.2, 0.25) is 0 Å². The van der Waals surface area contributed by atoms with E-state index in [1.54, 1.807) is 12.3 Å². The van der Waals surface area contributed by atoms with E-state index in [0.717, 1.165) is 32.0 Å². The van der Waals surface area contributed by atoms with Gasteiger partial charge < -0.3 is 20.7 Å². The van der Waals surface area contributed by atoms with E-state index in [9.17, 15) is 4.79 Å². The zero-order valence-electron chi connectivity index (χ0n) is 10.3. The highest BCUT2D eigenvalue weighted by Crippen LogP contribution is 2.16. The molecule has 1 aromatic heterocycles. The first-order valence-electron chi connectivity index (χ1n) is 6.08. The fourth-order valence-corrected chi connectivity index (χ4v) is 1.81. The maximum atomic E-state index is 11.3. The van der Waals surface area contributed by atoms with E-state index in [1.165, 1.54) is 0 Å². The summed E-state index contributed by atoms with van der Waals surface area (Å²) in [6, 6.07) is 3.76. The second-order valence-corrected chi connectivity index (χ2v) is 4.09. The molecular formula is C12H18N4O2. The normalized spacial score (nSPS) is 15.5. The second kappa shape index (κ2) is 6.32. The zero-order valence-corrected chi connectivity index (χ0v) is 10.3. The largest absolute Gasteiger partial charge is 0.378 e. The second-order valence-electron chi connectivity index (χ2n) is 4.09. The number of ether oxygens (including phenoxy) is 1. The van der Waals surface area contributed by atoms with Crippen LogP contribution in [0.25, 0.3) is 0 Å². The van der Waals surface area contributed by atoms with Crippen molar-refractivity contribution in [3.8, 4) is 0 Å². The van der Waals surface area contributed by atoms with Crippen LogP contribution in [-0.4, -0.2) is 43.7 Å². The first kappa shape index (κ1) is 12.8. The van der Waals surface area contributed by atoms with E-state index >= 15 is 0 Å². The Morgan fingerprint density at radius 2 is 2.22 bits per heavy atom. The average molecular weight is 250 g/mol. The van der Waals surface area contributed by atoms with Crippen LogP contribution in [0.15, 0.2) is 18.3 Å². The predicted molar refractivity (Wildman–Crippen MR) is 69.6 cm³/mol. The van der Waals surface area contributed by atoms with Crippen molar-refractivity contribution in [1.29, 1.82) is 0 Å². The molecule has 1 saturated heterocycles. The Morgan fingerprint density at radius 3 is 2.83 bits per heavy atom. The van der Waals surface area contributed by atoms with Crippen molar-refractivity contribution in [2.75, 3.05) is 43.1 Å². The molecule has 0 aliphatic carbocycles. The number of nitrogens with one attached hydrogen (secondary N) is 1. The van der Waals surface area contributed by atoms with Gasteiger partial charge in [-0.05, 0) is 12.1 Å². The summed E-state index contributed by atoms with van der Waals surface area (Å²) >= 11 is 0. The molecule has 6 nitrogen and oxygen atoms in total. The Balaban J connectivity index is 1.94. The Morgan fingerprint density at radius 1 is 1.44 bits per heavy atom. The lowest BCUT2D eigenvalue weighted by atomic mass is 10.3. The van der Waals surface area contributed by atoms with Gasteiger partial charge in [-0.2, -0.15) is 0 Å². The summed E-state index contributed by atoms with van der Waals surface area (Å²) in [5.41, 5.74) is 6.36. The van der Waals surface area contributed by atoms with Gasteiger partial charge in [-0.15, -0.1) is 0 Å². The third kappa shape index (κ3) is 3.41. The minimum Gasteiger partial charge on any atom is -0.378 e. The van der Waals surface area contributed by atoms with Gasteiger partial charge in [0, 0.05) is 26.1 Å². The molecule has 0 saturated carbocycles. The topological polar surface area (TPSA) is 80.5 Å². The summed E-state index contributed by atoms with van der Waals surface area (Å²) < 4.78 is 5.29. The highest BCUT2D eigenvalue weighted by Gasteiger charge is 2.11. The summed E-state index contributed by atoms with van der Waals surface area (Å²) in [4.78, 5) is 17.8. The summed E-state index contributed by atoms with van der Waals surface area (Å²) in [6.07, 6.45) is 2.08. The maximum absolute atomic E-state index is 11.3. The predicted octanol–water partition coefficient (Wildman–Crippen LogP) is 0.206. The van der Waals surface area contributed by atoms with Gasteiger partial charge in [0.1, 0.15) is 5.82 Å². The van der Waals surface area contributed by atoms with Crippen LogP contribution in [0.3, 0.4) is 0 Å². The van der Waals surface area contributed by atoms with Gasteiger partial charge in [0.25, 0.3) is 0 Å². The summed E-state index contributed by atoms with van der Waals surface area (Å²) in [5.74, 6) is 0.453. The Labute approximate surface area is 106 Å². The van der Waals surface area contributed by atoms with Gasteiger partial charge in [0.2, 0.25) is 5.91 Å². The van der Waals surface area contributed by atoms with E-state index in [1.807, 2.05) is 6.07 Å². The lowest BCUT2D eigenvalue weighted by molar-refractivity contribution is -0.116. The van der Waals surface area contributed by atoms with Crippen LogP contribution < -0.4 is 16.0 Å². The van der Waals surface area contributed by atoms with Crippen molar-refractivity contribution >= 4 is 17.4 Å². The summed E-state index contributed by atoms with van der Waals surface area (Å²) in [7, 11) is 0. The van der Waals surface area contributed by atoms with Gasteiger partial charge in [0.15, 0.2) is 0 Å². The lowest BCUT2D eigenvalue weighted by Crippen LogP contribution is -2.36. The van der Waals surface area contributed by atoms with Crippen molar-refractivity contribution in [3.05, 3.63) is 18.3 Å². The zero-order chi connectivity index (χ0) is 12.8. The number of rotatable bonds is 4. The fourth-order valence-electron chi connectivity index (χ4n) is 1.81. The van der Waals surface area contributed by atoms with Crippen molar-refractivity contribution in [2.24, 2.45) is 5.73 Å². The number of hydrogen-bond donors (Lipinski definition) is 2. The van der Waals surface area contributed by atoms with E-state index in [2.05, 4.69) is 15.2 Å². The van der Waals surface area contributed by atoms with Crippen molar-refractivity contribution in [2.45, 2.75) is 6.42 Å². The Bertz CT molecular complexity index is 388. The van der Waals surface area contributed by atoms with Gasteiger partial charge in [-0.25, -0.2) is 4.98 Å². The van der Waals surface area contributed by atoms with Crippen molar-refractivity contribution < 1.29 is 9.53 Å². The molecule has 18 heavy (non-hydrogen) atoms. The van der Waals surface area contributed by atoms with Crippen molar-refractivity contribution in [1.82, 2.24) is 4.98 Å². The average Bonchev–Trinajstić information content (AvgIpc) is 2.41. The van der Waals surface area contributed by atoms with Gasteiger partial charge >= 0.3 is 0 Å². The minimum atomic E-state index is -0.107. The number of aromatic nitrogens is 1. The van der Waals surface area contributed by atoms with Crippen molar-refractivity contribution in [3.63, 3.8) is 0 Å². The van der Waals surface area contributed by atoms with E-state index in [0.29, 0.717) is 18.8 Å². The van der Waals surface area contributed by atoms with E-state index < -0.39 is 0 Å². The number of anilines is 2. The highest BCUT2D eigenvalue weighted by molar-refractivity contribution is 5.89. The number of pyridine rings is 1. The molecule has 0 radical (unpaired) electrons. The van der Waals surface area contributed by atoms with Crippen LogP contribution in [0.1, 0.15) is 6.42 Å². The molecule has 6 heteroatoms. The quantitative estimate of drug-likeness (QED) is 0.798. The van der Waals surface area contributed by atoms with E-state index in [-0.39, 0.29) is 5.91 Å². The molecule has 0 bridgehead atoms. The number of amides is 1. The smallest absolute Gasteiger partial charge is 0.226 e. The molecule has 1 fully saturated rings. The summed E-state index contributed by atoms with van der Waals surface area (Å²) in [6.45, 7) is 3.59. The number of carbonyl (C=O) groups is 1. The number of carbonyl (C=O) groups excluding carboxylic acids is 1. The van der Waals surface area contributed by atoms with Crippen LogP contribution >= 0.6 is 0 Å². The number of morpholine rings is 1. The first-order valence-corrected chi connectivity index (χ1v) is 6.08. The molecule has 2 heterocycles.